The summed E-state index contributed by atoms with van der Waals surface area (Å²) in [6.45, 7) is 7.75. The molecule has 4 rings (SSSR count). The Morgan fingerprint density at radius 1 is 1.28 bits per heavy atom. The maximum atomic E-state index is 13.3. The number of carbonyl (C=O) groups excluding carboxylic acids is 1. The van der Waals surface area contributed by atoms with Gasteiger partial charge in [0.25, 0.3) is 11.5 Å². The summed E-state index contributed by atoms with van der Waals surface area (Å²) in [6, 6.07) is 1.91. The van der Waals surface area contributed by atoms with Crippen LogP contribution in [-0.4, -0.2) is 52.5 Å². The zero-order chi connectivity index (χ0) is 21.0. The van der Waals surface area contributed by atoms with Gasteiger partial charge in [0.15, 0.2) is 0 Å². The average molecular weight is 398 g/mol. The Labute approximate surface area is 171 Å². The van der Waals surface area contributed by atoms with Gasteiger partial charge < -0.3 is 14.4 Å². The third-order valence-corrected chi connectivity index (χ3v) is 6.36. The van der Waals surface area contributed by atoms with Gasteiger partial charge in [-0.3, -0.25) is 14.6 Å². The molecular weight excluding hydrogens is 366 g/mol. The van der Waals surface area contributed by atoms with E-state index in [1.165, 1.54) is 0 Å². The van der Waals surface area contributed by atoms with E-state index in [1.54, 1.807) is 0 Å². The van der Waals surface area contributed by atoms with Crippen molar-refractivity contribution in [3.05, 3.63) is 45.6 Å². The van der Waals surface area contributed by atoms with Gasteiger partial charge in [0.1, 0.15) is 0 Å². The lowest BCUT2D eigenvalue weighted by molar-refractivity contribution is 0.0633. The van der Waals surface area contributed by atoms with Crippen LogP contribution in [0.25, 0.3) is 0 Å². The van der Waals surface area contributed by atoms with Crippen molar-refractivity contribution in [2.45, 2.75) is 57.4 Å². The van der Waals surface area contributed by atoms with Crippen molar-refractivity contribution in [1.82, 2.24) is 19.4 Å². The predicted molar refractivity (Wildman–Crippen MR) is 114 cm³/mol. The number of fused-ring (bicyclic) bond motifs is 2. The zero-order valence-corrected chi connectivity index (χ0v) is 18.1. The molecule has 1 aliphatic heterocycles. The molecule has 0 saturated carbocycles. The van der Waals surface area contributed by atoms with Gasteiger partial charge in [-0.25, -0.2) is 4.98 Å². The molecule has 2 aromatic rings. The minimum atomic E-state index is -0.213. The minimum Gasteiger partial charge on any atom is -0.348 e. The molecule has 1 fully saturated rings. The summed E-state index contributed by atoms with van der Waals surface area (Å²) in [5.41, 5.74) is 2.11. The number of carbonyl (C=O) groups is 1. The van der Waals surface area contributed by atoms with Crippen molar-refractivity contribution in [3.63, 3.8) is 0 Å². The first kappa shape index (κ1) is 19.7. The summed E-state index contributed by atoms with van der Waals surface area (Å²) in [4.78, 5) is 37.3. The normalized spacial score (nSPS) is 21.5. The second kappa shape index (κ2) is 6.75. The fourth-order valence-corrected chi connectivity index (χ4v) is 4.68. The van der Waals surface area contributed by atoms with Crippen LogP contribution in [0.15, 0.2) is 23.3 Å². The highest BCUT2D eigenvalue weighted by Crippen LogP contribution is 2.43. The lowest BCUT2D eigenvalue weighted by atomic mass is 9.77. The molecule has 0 radical (unpaired) electrons. The van der Waals surface area contributed by atoms with Crippen LogP contribution in [0.2, 0.25) is 0 Å². The van der Waals surface area contributed by atoms with Gasteiger partial charge in [0, 0.05) is 56.1 Å². The van der Waals surface area contributed by atoms with Crippen molar-refractivity contribution in [3.8, 4) is 0 Å². The number of nitrogens with zero attached hydrogens (tertiary/aromatic N) is 4. The van der Waals surface area contributed by atoms with Gasteiger partial charge >= 0.3 is 0 Å². The average Bonchev–Trinajstić information content (AvgIpc) is 3.28. The highest BCUT2D eigenvalue weighted by atomic mass is 16.2. The van der Waals surface area contributed by atoms with E-state index in [9.17, 15) is 9.59 Å². The Kier molecular flexibility index (Phi) is 4.59. The number of H-pyrrole nitrogens is 1. The minimum absolute atomic E-state index is 0.0405. The fourth-order valence-electron chi connectivity index (χ4n) is 4.68. The molecule has 7 heteroatoms. The van der Waals surface area contributed by atoms with E-state index in [0.717, 1.165) is 49.0 Å². The van der Waals surface area contributed by atoms with Crippen LogP contribution >= 0.6 is 0 Å². The number of hydrogen-bond donors (Lipinski definition) is 1. The van der Waals surface area contributed by atoms with Gasteiger partial charge in [-0.15, -0.1) is 0 Å². The summed E-state index contributed by atoms with van der Waals surface area (Å²) in [5.74, 6) is 0.652. The van der Waals surface area contributed by atoms with Gasteiger partial charge in [-0.05, 0) is 52.5 Å². The lowest BCUT2D eigenvalue weighted by Crippen LogP contribution is -2.48. The highest BCUT2D eigenvalue weighted by molar-refractivity contribution is 5.94. The van der Waals surface area contributed by atoms with Crippen LogP contribution in [0.3, 0.4) is 0 Å². The predicted octanol–water partition coefficient (Wildman–Crippen LogP) is 2.51. The number of aromatic nitrogens is 3. The fraction of sp³-hybridized carbons (Fsp3) is 0.591. The van der Waals surface area contributed by atoms with E-state index >= 15 is 0 Å². The Bertz CT molecular complexity index is 997. The van der Waals surface area contributed by atoms with Crippen molar-refractivity contribution in [2.75, 3.05) is 32.1 Å². The number of likely N-dealkylation sites (tertiary alicyclic amines) is 1. The SMILES string of the molecule is CN(C)c1nc2c(c(=O)[nH]1)CCC21CCCN(C(=O)c2ccn(C(C)(C)C)c2)C1. The molecule has 2 aliphatic rings. The van der Waals surface area contributed by atoms with E-state index in [1.807, 2.05) is 42.4 Å². The number of amides is 1. The van der Waals surface area contributed by atoms with Crippen LogP contribution in [0, 0.1) is 0 Å². The largest absolute Gasteiger partial charge is 0.348 e. The highest BCUT2D eigenvalue weighted by Gasteiger charge is 2.46. The molecule has 156 valence electrons. The quantitative estimate of drug-likeness (QED) is 0.845. The van der Waals surface area contributed by atoms with Crippen LogP contribution in [0.1, 0.15) is 61.6 Å². The monoisotopic (exact) mass is 397 g/mol. The molecular formula is C22H31N5O2. The molecule has 3 heterocycles. The molecule has 1 aliphatic carbocycles. The Hall–Kier alpha value is -2.57. The number of piperidine rings is 1. The lowest BCUT2D eigenvalue weighted by Gasteiger charge is -2.40. The molecule has 29 heavy (non-hydrogen) atoms. The molecule has 1 amide bonds. The van der Waals surface area contributed by atoms with Crippen molar-refractivity contribution < 1.29 is 4.79 Å². The first-order valence-electron chi connectivity index (χ1n) is 10.4. The van der Waals surface area contributed by atoms with Gasteiger partial charge in [-0.1, -0.05) is 0 Å². The maximum Gasteiger partial charge on any atom is 0.255 e. The van der Waals surface area contributed by atoms with E-state index in [-0.39, 0.29) is 22.4 Å². The van der Waals surface area contributed by atoms with Gasteiger partial charge in [-0.2, -0.15) is 0 Å². The van der Waals surface area contributed by atoms with Crippen LogP contribution in [0.4, 0.5) is 5.95 Å². The van der Waals surface area contributed by atoms with E-state index < -0.39 is 0 Å². The second-order valence-corrected chi connectivity index (χ2v) is 9.70. The van der Waals surface area contributed by atoms with Crippen LogP contribution < -0.4 is 10.5 Å². The van der Waals surface area contributed by atoms with Crippen LogP contribution in [-0.2, 0) is 17.4 Å². The van der Waals surface area contributed by atoms with Gasteiger partial charge in [0.05, 0.1) is 11.3 Å². The Morgan fingerprint density at radius 3 is 2.69 bits per heavy atom. The Balaban J connectivity index is 1.64. The molecule has 1 spiro atoms. The molecule has 2 aromatic heterocycles. The molecule has 1 unspecified atom stereocenters. The molecule has 7 nitrogen and oxygen atoms in total. The number of aromatic amines is 1. The topological polar surface area (TPSA) is 74.2 Å². The first-order valence-corrected chi connectivity index (χ1v) is 10.4. The van der Waals surface area contributed by atoms with Gasteiger partial charge in [0.2, 0.25) is 5.95 Å². The summed E-state index contributed by atoms with van der Waals surface area (Å²) in [6.07, 6.45) is 7.42. The summed E-state index contributed by atoms with van der Waals surface area (Å²) in [7, 11) is 3.76. The maximum absolute atomic E-state index is 13.3. The number of nitrogens with one attached hydrogen (secondary N) is 1. The van der Waals surface area contributed by atoms with E-state index in [4.69, 9.17) is 4.98 Å². The Morgan fingerprint density at radius 2 is 2.03 bits per heavy atom. The third-order valence-electron chi connectivity index (χ3n) is 6.36. The summed E-state index contributed by atoms with van der Waals surface area (Å²) >= 11 is 0. The molecule has 0 bridgehead atoms. The number of anilines is 1. The van der Waals surface area contributed by atoms with E-state index in [2.05, 4.69) is 30.3 Å². The third kappa shape index (κ3) is 3.36. The molecule has 1 N–H and O–H groups in total. The first-order chi connectivity index (χ1) is 13.6. The molecule has 0 aromatic carbocycles. The summed E-state index contributed by atoms with van der Waals surface area (Å²) < 4.78 is 2.08. The zero-order valence-electron chi connectivity index (χ0n) is 18.1. The van der Waals surface area contributed by atoms with Crippen molar-refractivity contribution in [2.24, 2.45) is 0 Å². The second-order valence-electron chi connectivity index (χ2n) is 9.70. The number of rotatable bonds is 2. The molecule has 1 saturated heterocycles. The van der Waals surface area contributed by atoms with E-state index in [0.29, 0.717) is 12.5 Å². The summed E-state index contributed by atoms with van der Waals surface area (Å²) in [5, 5.41) is 0. The van der Waals surface area contributed by atoms with Crippen LogP contribution in [0.5, 0.6) is 0 Å². The smallest absolute Gasteiger partial charge is 0.255 e. The van der Waals surface area contributed by atoms with Crippen molar-refractivity contribution in [1.29, 1.82) is 0 Å². The molecule has 1 atom stereocenters. The standard InChI is InChI=1S/C22H31N5O2/c1-21(2,3)27-12-8-15(13-27)19(29)26-11-6-9-22(14-26)10-7-16-17(22)23-20(25(4)5)24-18(16)28/h8,12-13H,6-7,9-11,14H2,1-5H3,(H,23,24,28). The number of hydrogen-bond acceptors (Lipinski definition) is 4. The van der Waals surface area contributed by atoms with Crippen molar-refractivity contribution >= 4 is 11.9 Å².